The molecule has 0 radical (unpaired) electrons. The molecular formula is C17H20N4O2S. The van der Waals surface area contributed by atoms with Crippen molar-refractivity contribution in [1.29, 1.82) is 0 Å². The molecule has 0 saturated heterocycles. The van der Waals surface area contributed by atoms with E-state index in [2.05, 4.69) is 10.4 Å². The molecule has 126 valence electrons. The van der Waals surface area contributed by atoms with Crippen molar-refractivity contribution >= 4 is 29.3 Å². The zero-order chi connectivity index (χ0) is 16.9. The predicted octanol–water partition coefficient (Wildman–Crippen LogP) is 1.92. The third-order valence-corrected chi connectivity index (χ3v) is 4.85. The van der Waals surface area contributed by atoms with E-state index in [-0.39, 0.29) is 24.3 Å². The topological polar surface area (TPSA) is 67.2 Å². The standard InChI is InChI=1S/C17H20N4O2S/c1-13(11-20-9-4-8-18-20)19-16(22)7-10-21-14-5-2-3-6-15(14)24-12-17(21)23/h2-6,8-9,13H,7,10-12H2,1H3,(H,19,22). The SMILES string of the molecule is CC(Cn1cccn1)NC(=O)CCN1C(=O)CSc2ccccc21. The minimum atomic E-state index is -0.0573. The average Bonchev–Trinajstić information content (AvgIpc) is 3.06. The van der Waals surface area contributed by atoms with E-state index in [1.807, 2.05) is 43.5 Å². The maximum absolute atomic E-state index is 12.2. The second-order valence-corrected chi connectivity index (χ2v) is 6.77. The summed E-state index contributed by atoms with van der Waals surface area (Å²) in [5.41, 5.74) is 0.899. The second-order valence-electron chi connectivity index (χ2n) is 5.75. The molecule has 0 fully saturated rings. The Labute approximate surface area is 145 Å². The summed E-state index contributed by atoms with van der Waals surface area (Å²) >= 11 is 1.55. The molecule has 2 aromatic rings. The predicted molar refractivity (Wildman–Crippen MR) is 94.0 cm³/mol. The Balaban J connectivity index is 1.53. The van der Waals surface area contributed by atoms with Crippen molar-refractivity contribution in [2.75, 3.05) is 17.2 Å². The molecule has 1 N–H and O–H groups in total. The van der Waals surface area contributed by atoms with Gasteiger partial charge in [-0.05, 0) is 25.1 Å². The highest BCUT2D eigenvalue weighted by atomic mass is 32.2. The van der Waals surface area contributed by atoms with Crippen LogP contribution in [0, 0.1) is 0 Å². The summed E-state index contributed by atoms with van der Waals surface area (Å²) in [7, 11) is 0. The van der Waals surface area contributed by atoms with E-state index < -0.39 is 0 Å². The van der Waals surface area contributed by atoms with Crippen LogP contribution in [0.4, 0.5) is 5.69 Å². The Bertz CT molecular complexity index is 717. The molecule has 1 aromatic carbocycles. The first-order valence-electron chi connectivity index (χ1n) is 7.92. The molecule has 2 amide bonds. The van der Waals surface area contributed by atoms with Gasteiger partial charge in [0.25, 0.3) is 0 Å². The van der Waals surface area contributed by atoms with Gasteiger partial charge >= 0.3 is 0 Å². The van der Waals surface area contributed by atoms with Crippen LogP contribution in [0.2, 0.25) is 0 Å². The molecule has 1 atom stereocenters. The average molecular weight is 344 g/mol. The number of hydrogen-bond donors (Lipinski definition) is 1. The quantitative estimate of drug-likeness (QED) is 0.869. The molecular weight excluding hydrogens is 324 g/mol. The van der Waals surface area contributed by atoms with E-state index in [0.29, 0.717) is 18.8 Å². The van der Waals surface area contributed by atoms with Gasteiger partial charge in [-0.3, -0.25) is 14.3 Å². The van der Waals surface area contributed by atoms with Gasteiger partial charge in [-0.2, -0.15) is 5.10 Å². The number of aromatic nitrogens is 2. The zero-order valence-electron chi connectivity index (χ0n) is 13.5. The Morgan fingerprint density at radius 1 is 1.38 bits per heavy atom. The highest BCUT2D eigenvalue weighted by Gasteiger charge is 2.24. The summed E-state index contributed by atoms with van der Waals surface area (Å²) in [6.45, 7) is 2.97. The number of nitrogens with zero attached hydrogens (tertiary/aromatic N) is 3. The number of hydrogen-bond acceptors (Lipinski definition) is 4. The smallest absolute Gasteiger partial charge is 0.237 e. The third kappa shape index (κ3) is 3.97. The van der Waals surface area contributed by atoms with Gasteiger partial charge < -0.3 is 10.2 Å². The third-order valence-electron chi connectivity index (χ3n) is 3.80. The van der Waals surface area contributed by atoms with Gasteiger partial charge in [0.15, 0.2) is 0 Å². The molecule has 1 aliphatic rings. The van der Waals surface area contributed by atoms with Crippen LogP contribution in [-0.2, 0) is 16.1 Å². The number of anilines is 1. The molecule has 1 aromatic heterocycles. The minimum absolute atomic E-state index is 0.0164. The van der Waals surface area contributed by atoms with Crippen molar-refractivity contribution in [3.05, 3.63) is 42.7 Å². The number of nitrogens with one attached hydrogen (secondary N) is 1. The summed E-state index contributed by atoms with van der Waals surface area (Å²) in [6.07, 6.45) is 3.86. The Morgan fingerprint density at radius 3 is 3.00 bits per heavy atom. The lowest BCUT2D eigenvalue weighted by molar-refractivity contribution is -0.121. The number of carbonyl (C=O) groups is 2. The molecule has 1 unspecified atom stereocenters. The summed E-state index contributed by atoms with van der Waals surface area (Å²) in [5, 5.41) is 7.08. The van der Waals surface area contributed by atoms with Crippen molar-refractivity contribution in [2.45, 2.75) is 30.8 Å². The number of fused-ring (bicyclic) bond motifs is 1. The summed E-state index contributed by atoms with van der Waals surface area (Å²) in [4.78, 5) is 27.1. The van der Waals surface area contributed by atoms with Crippen LogP contribution in [0.25, 0.3) is 0 Å². The Kier molecular flexibility index (Phi) is 5.20. The van der Waals surface area contributed by atoms with Gasteiger partial charge in [0.2, 0.25) is 11.8 Å². The maximum Gasteiger partial charge on any atom is 0.237 e. The van der Waals surface area contributed by atoms with Crippen LogP contribution in [0.3, 0.4) is 0 Å². The fourth-order valence-corrected chi connectivity index (χ4v) is 3.63. The highest BCUT2D eigenvalue weighted by molar-refractivity contribution is 8.00. The number of thioether (sulfide) groups is 1. The molecule has 0 bridgehead atoms. The normalized spacial score (nSPS) is 15.0. The van der Waals surface area contributed by atoms with Gasteiger partial charge in [-0.1, -0.05) is 12.1 Å². The van der Waals surface area contributed by atoms with Gasteiger partial charge in [0, 0.05) is 36.3 Å². The Morgan fingerprint density at radius 2 is 2.21 bits per heavy atom. The van der Waals surface area contributed by atoms with E-state index in [4.69, 9.17) is 0 Å². The number of para-hydroxylation sites is 1. The van der Waals surface area contributed by atoms with E-state index in [9.17, 15) is 9.59 Å². The molecule has 24 heavy (non-hydrogen) atoms. The van der Waals surface area contributed by atoms with E-state index in [1.165, 1.54) is 0 Å². The summed E-state index contributed by atoms with van der Waals surface area (Å²) in [6, 6.07) is 9.65. The number of benzene rings is 1. The number of amides is 2. The van der Waals surface area contributed by atoms with E-state index >= 15 is 0 Å². The van der Waals surface area contributed by atoms with Crippen molar-refractivity contribution in [3.63, 3.8) is 0 Å². The fraction of sp³-hybridized carbons (Fsp3) is 0.353. The lowest BCUT2D eigenvalue weighted by Gasteiger charge is -2.28. The van der Waals surface area contributed by atoms with E-state index in [0.717, 1.165) is 10.6 Å². The van der Waals surface area contributed by atoms with Gasteiger partial charge in [-0.25, -0.2) is 0 Å². The highest BCUT2D eigenvalue weighted by Crippen LogP contribution is 2.34. The second kappa shape index (κ2) is 7.53. The number of rotatable bonds is 6. The first-order valence-corrected chi connectivity index (χ1v) is 8.91. The minimum Gasteiger partial charge on any atom is -0.352 e. The molecule has 7 heteroatoms. The first kappa shape index (κ1) is 16.6. The number of carbonyl (C=O) groups excluding carboxylic acids is 2. The zero-order valence-corrected chi connectivity index (χ0v) is 14.3. The van der Waals surface area contributed by atoms with Crippen molar-refractivity contribution in [2.24, 2.45) is 0 Å². The monoisotopic (exact) mass is 344 g/mol. The Hall–Kier alpha value is -2.28. The molecule has 0 aliphatic carbocycles. The lowest BCUT2D eigenvalue weighted by Crippen LogP contribution is -2.41. The van der Waals surface area contributed by atoms with Crippen molar-refractivity contribution in [3.8, 4) is 0 Å². The molecule has 6 nitrogen and oxygen atoms in total. The molecule has 0 saturated carbocycles. The van der Waals surface area contributed by atoms with E-state index in [1.54, 1.807) is 27.5 Å². The molecule has 1 aliphatic heterocycles. The largest absolute Gasteiger partial charge is 0.352 e. The van der Waals surface area contributed by atoms with Gasteiger partial charge in [0.1, 0.15) is 0 Å². The van der Waals surface area contributed by atoms with Crippen LogP contribution in [0.15, 0.2) is 47.6 Å². The molecule has 2 heterocycles. The molecule has 0 spiro atoms. The van der Waals surface area contributed by atoms with Gasteiger partial charge in [-0.15, -0.1) is 11.8 Å². The van der Waals surface area contributed by atoms with Crippen molar-refractivity contribution < 1.29 is 9.59 Å². The maximum atomic E-state index is 12.2. The fourth-order valence-electron chi connectivity index (χ4n) is 2.69. The summed E-state index contributed by atoms with van der Waals surface area (Å²) < 4.78 is 1.78. The van der Waals surface area contributed by atoms with Gasteiger partial charge in [0.05, 0.1) is 18.0 Å². The first-order chi connectivity index (χ1) is 11.6. The van der Waals surface area contributed by atoms with Crippen LogP contribution in [0.1, 0.15) is 13.3 Å². The van der Waals surface area contributed by atoms with Crippen LogP contribution in [0.5, 0.6) is 0 Å². The lowest BCUT2D eigenvalue weighted by atomic mass is 10.2. The van der Waals surface area contributed by atoms with Crippen LogP contribution < -0.4 is 10.2 Å². The van der Waals surface area contributed by atoms with Crippen molar-refractivity contribution in [1.82, 2.24) is 15.1 Å². The summed E-state index contributed by atoms with van der Waals surface area (Å²) in [5.74, 6) is 0.420. The molecule has 3 rings (SSSR count). The van der Waals surface area contributed by atoms with Crippen LogP contribution in [-0.4, -0.2) is 39.9 Å². The van der Waals surface area contributed by atoms with Crippen LogP contribution >= 0.6 is 11.8 Å².